The molecule has 2 fully saturated rings. The van der Waals surface area contributed by atoms with E-state index in [9.17, 15) is 4.79 Å². The molecular formula is C20H22N2OS. The molecule has 2 heterocycles. The lowest BCUT2D eigenvalue weighted by molar-refractivity contribution is 0.0781. The highest BCUT2D eigenvalue weighted by atomic mass is 32.2. The van der Waals surface area contributed by atoms with Gasteiger partial charge in [-0.25, -0.2) is 0 Å². The molecule has 0 aromatic heterocycles. The Morgan fingerprint density at radius 2 is 1.67 bits per heavy atom. The van der Waals surface area contributed by atoms with Gasteiger partial charge in [0, 0.05) is 42.4 Å². The van der Waals surface area contributed by atoms with E-state index in [2.05, 4.69) is 41.7 Å². The lowest BCUT2D eigenvalue weighted by Gasteiger charge is -2.17. The topological polar surface area (TPSA) is 32.3 Å². The van der Waals surface area contributed by atoms with E-state index in [-0.39, 0.29) is 5.91 Å². The highest BCUT2D eigenvalue weighted by molar-refractivity contribution is 7.98. The molecule has 4 heteroatoms. The fourth-order valence-electron chi connectivity index (χ4n) is 3.63. The second-order valence-electron chi connectivity index (χ2n) is 6.69. The van der Waals surface area contributed by atoms with Crippen LogP contribution in [0.3, 0.4) is 0 Å². The number of rotatable bonds is 4. The van der Waals surface area contributed by atoms with Crippen molar-refractivity contribution in [2.45, 2.75) is 10.6 Å². The van der Waals surface area contributed by atoms with Crippen molar-refractivity contribution in [3.63, 3.8) is 0 Å². The minimum absolute atomic E-state index is 0.187. The van der Waals surface area contributed by atoms with Crippen LogP contribution in [0, 0.1) is 11.8 Å². The van der Waals surface area contributed by atoms with Crippen molar-refractivity contribution < 1.29 is 4.79 Å². The maximum absolute atomic E-state index is 12.7. The van der Waals surface area contributed by atoms with Gasteiger partial charge in [0.15, 0.2) is 0 Å². The summed E-state index contributed by atoms with van der Waals surface area (Å²) in [5, 5.41) is 3.42. The van der Waals surface area contributed by atoms with Crippen LogP contribution in [0.1, 0.15) is 15.9 Å². The Balaban J connectivity index is 1.36. The van der Waals surface area contributed by atoms with Crippen LogP contribution < -0.4 is 5.32 Å². The van der Waals surface area contributed by atoms with Gasteiger partial charge in [-0.2, -0.15) is 0 Å². The van der Waals surface area contributed by atoms with Crippen LogP contribution in [-0.2, 0) is 5.75 Å². The third kappa shape index (κ3) is 3.35. The number of fused-ring (bicyclic) bond motifs is 1. The van der Waals surface area contributed by atoms with Crippen molar-refractivity contribution in [2.75, 3.05) is 26.2 Å². The number of carbonyl (C=O) groups excluding carboxylic acids is 1. The van der Waals surface area contributed by atoms with Gasteiger partial charge < -0.3 is 10.2 Å². The molecular weight excluding hydrogens is 316 g/mol. The van der Waals surface area contributed by atoms with Crippen molar-refractivity contribution in [3.05, 3.63) is 65.7 Å². The quantitative estimate of drug-likeness (QED) is 0.869. The van der Waals surface area contributed by atoms with Crippen LogP contribution in [0.4, 0.5) is 0 Å². The predicted octanol–water partition coefficient (Wildman–Crippen LogP) is 3.27. The van der Waals surface area contributed by atoms with Crippen molar-refractivity contribution in [2.24, 2.45) is 11.8 Å². The third-order valence-corrected chi connectivity index (χ3v) is 6.11. The number of thioether (sulfide) groups is 1. The second kappa shape index (κ2) is 6.99. The van der Waals surface area contributed by atoms with E-state index in [1.54, 1.807) is 0 Å². The normalized spacial score (nSPS) is 22.6. The van der Waals surface area contributed by atoms with E-state index in [4.69, 9.17) is 0 Å². The lowest BCUT2D eigenvalue weighted by Crippen LogP contribution is -2.31. The Morgan fingerprint density at radius 1 is 1.00 bits per heavy atom. The molecule has 124 valence electrons. The number of likely N-dealkylation sites (tertiary alicyclic amines) is 1. The van der Waals surface area contributed by atoms with E-state index < -0.39 is 0 Å². The first-order valence-electron chi connectivity index (χ1n) is 8.56. The average molecular weight is 338 g/mol. The number of hydrogen-bond acceptors (Lipinski definition) is 3. The van der Waals surface area contributed by atoms with Crippen LogP contribution in [0.5, 0.6) is 0 Å². The molecule has 0 radical (unpaired) electrons. The maximum Gasteiger partial charge on any atom is 0.253 e. The van der Waals surface area contributed by atoms with Crippen LogP contribution in [0.25, 0.3) is 0 Å². The first-order chi connectivity index (χ1) is 11.8. The van der Waals surface area contributed by atoms with Crippen LogP contribution in [-0.4, -0.2) is 37.0 Å². The molecule has 1 amide bonds. The third-order valence-electron chi connectivity index (χ3n) is 5.03. The zero-order chi connectivity index (χ0) is 16.4. The first-order valence-corrected chi connectivity index (χ1v) is 9.55. The van der Waals surface area contributed by atoms with E-state index >= 15 is 0 Å². The van der Waals surface area contributed by atoms with E-state index in [0.717, 1.165) is 37.5 Å². The van der Waals surface area contributed by atoms with Crippen molar-refractivity contribution in [3.8, 4) is 0 Å². The van der Waals surface area contributed by atoms with Crippen molar-refractivity contribution in [1.82, 2.24) is 10.2 Å². The van der Waals surface area contributed by atoms with Gasteiger partial charge >= 0.3 is 0 Å². The summed E-state index contributed by atoms with van der Waals surface area (Å²) in [7, 11) is 0. The number of nitrogens with zero attached hydrogens (tertiary/aromatic N) is 1. The van der Waals surface area contributed by atoms with Gasteiger partial charge in [0.05, 0.1) is 0 Å². The molecule has 4 rings (SSSR count). The zero-order valence-corrected chi connectivity index (χ0v) is 14.5. The second-order valence-corrected chi connectivity index (χ2v) is 7.74. The Bertz CT molecular complexity index is 689. The van der Waals surface area contributed by atoms with Gasteiger partial charge in [0.2, 0.25) is 0 Å². The number of hydrogen-bond donors (Lipinski definition) is 1. The zero-order valence-electron chi connectivity index (χ0n) is 13.7. The molecule has 2 aromatic rings. The minimum atomic E-state index is 0.187. The molecule has 3 nitrogen and oxygen atoms in total. The van der Waals surface area contributed by atoms with E-state index in [1.165, 1.54) is 10.5 Å². The lowest BCUT2D eigenvalue weighted by atomic mass is 10.0. The number of carbonyl (C=O) groups is 1. The summed E-state index contributed by atoms with van der Waals surface area (Å²) in [6, 6.07) is 18.5. The molecule has 1 N–H and O–H groups in total. The average Bonchev–Trinajstić information content (AvgIpc) is 3.23. The molecule has 2 saturated heterocycles. The number of benzene rings is 2. The maximum atomic E-state index is 12.7. The largest absolute Gasteiger partial charge is 0.338 e. The summed E-state index contributed by atoms with van der Waals surface area (Å²) in [6.07, 6.45) is 0. The summed E-state index contributed by atoms with van der Waals surface area (Å²) >= 11 is 1.82. The van der Waals surface area contributed by atoms with Crippen molar-refractivity contribution >= 4 is 17.7 Å². The minimum Gasteiger partial charge on any atom is -0.338 e. The standard InChI is InChI=1S/C20H22N2OS/c23-20(22-12-17-10-21-11-18(17)13-22)16-8-6-15(7-9-16)14-24-19-4-2-1-3-5-19/h1-9,17-18,21H,10-14H2/t17-,18+. The Morgan fingerprint density at radius 3 is 2.33 bits per heavy atom. The SMILES string of the molecule is O=C(c1ccc(CSc2ccccc2)cc1)N1C[C@H]2CNC[C@H]2C1. The van der Waals surface area contributed by atoms with E-state index in [0.29, 0.717) is 11.8 Å². The summed E-state index contributed by atoms with van der Waals surface area (Å²) in [5.41, 5.74) is 2.07. The van der Waals surface area contributed by atoms with Crippen LogP contribution in [0.15, 0.2) is 59.5 Å². The van der Waals surface area contributed by atoms with Gasteiger partial charge in [0.1, 0.15) is 0 Å². The highest BCUT2D eigenvalue weighted by Gasteiger charge is 2.38. The number of nitrogens with one attached hydrogen (secondary N) is 1. The molecule has 0 aliphatic carbocycles. The first kappa shape index (κ1) is 15.7. The van der Waals surface area contributed by atoms with Crippen LogP contribution in [0.2, 0.25) is 0 Å². The summed E-state index contributed by atoms with van der Waals surface area (Å²) in [6.45, 7) is 3.93. The van der Waals surface area contributed by atoms with E-state index in [1.807, 2.05) is 34.9 Å². The smallest absolute Gasteiger partial charge is 0.253 e. The molecule has 2 aliphatic heterocycles. The summed E-state index contributed by atoms with van der Waals surface area (Å²) < 4.78 is 0. The van der Waals surface area contributed by atoms with Gasteiger partial charge in [-0.05, 0) is 41.7 Å². The van der Waals surface area contributed by atoms with Crippen LogP contribution >= 0.6 is 11.8 Å². The van der Waals surface area contributed by atoms with Gasteiger partial charge in [0.25, 0.3) is 5.91 Å². The van der Waals surface area contributed by atoms with Gasteiger partial charge in [-0.1, -0.05) is 30.3 Å². The molecule has 0 bridgehead atoms. The Hall–Kier alpha value is -1.78. The molecule has 24 heavy (non-hydrogen) atoms. The highest BCUT2D eigenvalue weighted by Crippen LogP contribution is 2.28. The summed E-state index contributed by atoms with van der Waals surface area (Å²) in [5.74, 6) is 2.41. The van der Waals surface area contributed by atoms with Gasteiger partial charge in [-0.3, -0.25) is 4.79 Å². The molecule has 2 aromatic carbocycles. The van der Waals surface area contributed by atoms with Crippen molar-refractivity contribution in [1.29, 1.82) is 0 Å². The van der Waals surface area contributed by atoms with Gasteiger partial charge in [-0.15, -0.1) is 11.8 Å². The molecule has 0 spiro atoms. The molecule has 0 saturated carbocycles. The Labute approximate surface area is 147 Å². The summed E-state index contributed by atoms with van der Waals surface area (Å²) in [4.78, 5) is 16.0. The Kier molecular flexibility index (Phi) is 4.58. The monoisotopic (exact) mass is 338 g/mol. The fourth-order valence-corrected chi connectivity index (χ4v) is 4.51. The molecule has 2 atom stereocenters. The molecule has 2 aliphatic rings. The predicted molar refractivity (Wildman–Crippen MR) is 98.2 cm³/mol. The number of amides is 1. The molecule has 0 unspecified atom stereocenters. The fraction of sp³-hybridized carbons (Fsp3) is 0.350.